The molecular weight excluding hydrogens is 424 g/mol. The molecule has 0 saturated carbocycles. The van der Waals surface area contributed by atoms with Gasteiger partial charge in [0.2, 0.25) is 0 Å². The standard InChI is InChI=1S/C33H50N2/c1-2-3-4-5-6-7-8-9-10-11-12-13-14-15-22-27-34-28-29-35(30-31-23-18-16-19-24-31)33(34)32-25-20-17-21-26-32/h16-21,23-26,28-29,33H,2-15,22,27,30H2,1H3. The maximum Gasteiger partial charge on any atom is 0.127 e. The summed E-state index contributed by atoms with van der Waals surface area (Å²) in [7, 11) is 0. The van der Waals surface area contributed by atoms with E-state index in [9.17, 15) is 0 Å². The van der Waals surface area contributed by atoms with E-state index in [-0.39, 0.29) is 0 Å². The van der Waals surface area contributed by atoms with Crippen LogP contribution in [-0.4, -0.2) is 16.3 Å². The number of hydrogen-bond acceptors (Lipinski definition) is 2. The van der Waals surface area contributed by atoms with Crippen LogP contribution in [0.2, 0.25) is 0 Å². The van der Waals surface area contributed by atoms with E-state index in [0.717, 1.165) is 13.1 Å². The maximum atomic E-state index is 2.54. The Hall–Kier alpha value is -2.22. The van der Waals surface area contributed by atoms with Crippen LogP contribution in [0.3, 0.4) is 0 Å². The van der Waals surface area contributed by atoms with Crippen LogP contribution in [0.4, 0.5) is 0 Å². The zero-order valence-electron chi connectivity index (χ0n) is 22.4. The van der Waals surface area contributed by atoms with Crippen LogP contribution >= 0.6 is 0 Å². The second kappa shape index (κ2) is 17.2. The van der Waals surface area contributed by atoms with Crippen LogP contribution in [-0.2, 0) is 6.54 Å². The van der Waals surface area contributed by atoms with Gasteiger partial charge in [-0.15, -0.1) is 0 Å². The highest BCUT2D eigenvalue weighted by atomic mass is 15.4. The van der Waals surface area contributed by atoms with Crippen molar-refractivity contribution in [3.05, 3.63) is 84.2 Å². The molecule has 1 atom stereocenters. The third-order valence-corrected chi connectivity index (χ3v) is 7.40. The Morgan fingerprint density at radius 2 is 0.971 bits per heavy atom. The van der Waals surface area contributed by atoms with E-state index in [2.05, 4.69) is 89.8 Å². The van der Waals surface area contributed by atoms with Crippen LogP contribution in [0.5, 0.6) is 0 Å². The predicted molar refractivity (Wildman–Crippen MR) is 152 cm³/mol. The molecule has 0 radical (unpaired) electrons. The van der Waals surface area contributed by atoms with Crippen molar-refractivity contribution < 1.29 is 0 Å². The summed E-state index contributed by atoms with van der Waals surface area (Å²) in [5.74, 6) is 0. The van der Waals surface area contributed by atoms with Gasteiger partial charge in [-0.3, -0.25) is 0 Å². The quantitative estimate of drug-likeness (QED) is 0.187. The maximum absolute atomic E-state index is 2.54. The lowest BCUT2D eigenvalue weighted by Gasteiger charge is -2.33. The van der Waals surface area contributed by atoms with Crippen LogP contribution in [0, 0.1) is 0 Å². The second-order valence-electron chi connectivity index (χ2n) is 10.4. The minimum Gasteiger partial charge on any atom is -0.352 e. The fourth-order valence-corrected chi connectivity index (χ4v) is 5.33. The molecule has 0 saturated heterocycles. The molecule has 2 aromatic rings. The van der Waals surface area contributed by atoms with Gasteiger partial charge in [-0.2, -0.15) is 0 Å². The molecule has 0 aromatic heterocycles. The molecule has 1 unspecified atom stereocenters. The van der Waals surface area contributed by atoms with Gasteiger partial charge < -0.3 is 9.80 Å². The van der Waals surface area contributed by atoms with Gasteiger partial charge in [0.05, 0.1) is 0 Å². The molecule has 0 amide bonds. The molecule has 1 aliphatic rings. The Balaban J connectivity index is 1.27. The summed E-state index contributed by atoms with van der Waals surface area (Å²) in [5.41, 5.74) is 2.75. The molecular formula is C33H50N2. The molecule has 3 rings (SSSR count). The average molecular weight is 475 g/mol. The van der Waals surface area contributed by atoms with Gasteiger partial charge in [0.25, 0.3) is 0 Å². The Morgan fingerprint density at radius 3 is 1.51 bits per heavy atom. The van der Waals surface area contributed by atoms with Crippen LogP contribution in [0.1, 0.15) is 121 Å². The van der Waals surface area contributed by atoms with Gasteiger partial charge >= 0.3 is 0 Å². The van der Waals surface area contributed by atoms with E-state index in [0.29, 0.717) is 6.17 Å². The van der Waals surface area contributed by atoms with Crippen LogP contribution < -0.4 is 0 Å². The molecule has 2 aromatic carbocycles. The van der Waals surface area contributed by atoms with Crippen molar-refractivity contribution in [2.24, 2.45) is 0 Å². The van der Waals surface area contributed by atoms with E-state index >= 15 is 0 Å². The molecule has 0 fully saturated rings. The summed E-state index contributed by atoms with van der Waals surface area (Å²) < 4.78 is 0. The molecule has 2 nitrogen and oxygen atoms in total. The SMILES string of the molecule is CCCCCCCCCCCCCCCCCN1C=CN(Cc2ccccc2)C1c1ccccc1. The van der Waals surface area contributed by atoms with Gasteiger partial charge in [0, 0.05) is 25.5 Å². The lowest BCUT2D eigenvalue weighted by atomic mass is 10.0. The molecule has 35 heavy (non-hydrogen) atoms. The fourth-order valence-electron chi connectivity index (χ4n) is 5.33. The Labute approximate surface area is 216 Å². The monoisotopic (exact) mass is 474 g/mol. The van der Waals surface area contributed by atoms with E-state index in [1.807, 2.05) is 0 Å². The number of nitrogens with zero attached hydrogens (tertiary/aromatic N) is 2. The Kier molecular flexibility index (Phi) is 13.5. The highest BCUT2D eigenvalue weighted by molar-refractivity contribution is 5.23. The number of benzene rings is 2. The van der Waals surface area contributed by atoms with Gasteiger partial charge in [-0.25, -0.2) is 0 Å². The molecule has 0 bridgehead atoms. The topological polar surface area (TPSA) is 6.48 Å². The van der Waals surface area contributed by atoms with Crippen LogP contribution in [0.15, 0.2) is 73.1 Å². The third kappa shape index (κ3) is 10.5. The summed E-state index contributed by atoms with van der Waals surface area (Å²) in [6.45, 7) is 4.39. The summed E-state index contributed by atoms with van der Waals surface area (Å²) in [5, 5.41) is 0. The van der Waals surface area contributed by atoms with E-state index in [1.54, 1.807) is 0 Å². The van der Waals surface area contributed by atoms with Crippen molar-refractivity contribution in [2.45, 2.75) is 116 Å². The third-order valence-electron chi connectivity index (χ3n) is 7.40. The number of hydrogen-bond donors (Lipinski definition) is 0. The highest BCUT2D eigenvalue weighted by Crippen LogP contribution is 2.32. The number of rotatable bonds is 19. The average Bonchev–Trinajstić information content (AvgIpc) is 3.29. The van der Waals surface area contributed by atoms with E-state index < -0.39 is 0 Å². The molecule has 192 valence electrons. The van der Waals surface area contributed by atoms with Crippen molar-refractivity contribution in [1.82, 2.24) is 9.80 Å². The van der Waals surface area contributed by atoms with Gasteiger partial charge in [0.1, 0.15) is 6.17 Å². The van der Waals surface area contributed by atoms with Crippen LogP contribution in [0.25, 0.3) is 0 Å². The van der Waals surface area contributed by atoms with Crippen molar-refractivity contribution in [3.8, 4) is 0 Å². The zero-order chi connectivity index (χ0) is 24.4. The Bertz CT molecular complexity index is 785. The number of unbranched alkanes of at least 4 members (excludes halogenated alkanes) is 14. The Morgan fingerprint density at radius 1 is 0.514 bits per heavy atom. The molecule has 0 spiro atoms. The summed E-state index contributed by atoms with van der Waals surface area (Å²) in [6.07, 6.45) is 26.2. The second-order valence-corrected chi connectivity index (χ2v) is 10.4. The first kappa shape index (κ1) is 27.4. The van der Waals surface area contributed by atoms with Crippen molar-refractivity contribution in [1.29, 1.82) is 0 Å². The minimum atomic E-state index is 0.308. The van der Waals surface area contributed by atoms with E-state index in [4.69, 9.17) is 0 Å². The first-order valence-electron chi connectivity index (χ1n) is 14.7. The smallest absolute Gasteiger partial charge is 0.127 e. The normalized spacial score (nSPS) is 15.3. The zero-order valence-corrected chi connectivity index (χ0v) is 22.4. The van der Waals surface area contributed by atoms with Gasteiger partial charge in [0.15, 0.2) is 0 Å². The molecule has 2 heteroatoms. The van der Waals surface area contributed by atoms with Gasteiger partial charge in [-0.1, -0.05) is 157 Å². The lowest BCUT2D eigenvalue weighted by molar-refractivity contribution is 0.146. The highest BCUT2D eigenvalue weighted by Gasteiger charge is 2.27. The fraction of sp³-hybridized carbons (Fsp3) is 0.576. The predicted octanol–water partition coefficient (Wildman–Crippen LogP) is 9.85. The minimum absolute atomic E-state index is 0.308. The van der Waals surface area contributed by atoms with Crippen molar-refractivity contribution in [2.75, 3.05) is 6.54 Å². The molecule has 1 aliphatic heterocycles. The van der Waals surface area contributed by atoms with Crippen molar-refractivity contribution >= 4 is 0 Å². The largest absolute Gasteiger partial charge is 0.352 e. The molecule has 0 N–H and O–H groups in total. The summed E-state index contributed by atoms with van der Waals surface area (Å²) in [6, 6.07) is 21.8. The van der Waals surface area contributed by atoms with Crippen molar-refractivity contribution in [3.63, 3.8) is 0 Å². The summed E-state index contributed by atoms with van der Waals surface area (Å²) >= 11 is 0. The van der Waals surface area contributed by atoms with Gasteiger partial charge in [-0.05, 0) is 17.5 Å². The van der Waals surface area contributed by atoms with E-state index in [1.165, 1.54) is 107 Å². The summed E-state index contributed by atoms with van der Waals surface area (Å²) in [4.78, 5) is 5.02. The first-order valence-corrected chi connectivity index (χ1v) is 14.7. The molecule has 1 heterocycles. The lowest BCUT2D eigenvalue weighted by Crippen LogP contribution is -2.31. The first-order chi connectivity index (χ1) is 17.4. The molecule has 0 aliphatic carbocycles.